The van der Waals surface area contributed by atoms with E-state index >= 15 is 0 Å². The molecule has 8 unspecified atom stereocenters. The van der Waals surface area contributed by atoms with Gasteiger partial charge in [0.25, 0.3) is 5.56 Å². The normalized spacial score (nSPS) is 33.5. The van der Waals surface area contributed by atoms with Crippen molar-refractivity contribution in [1.82, 2.24) is 4.57 Å². The lowest BCUT2D eigenvalue weighted by Gasteiger charge is -2.32. The number of aryl methyl sites for hydroxylation is 1. The molecule has 2 aliphatic rings. The van der Waals surface area contributed by atoms with Crippen LogP contribution in [0.5, 0.6) is 5.75 Å². The van der Waals surface area contributed by atoms with E-state index in [0.29, 0.717) is 18.3 Å². The largest absolute Gasteiger partial charge is 0.507 e. The van der Waals surface area contributed by atoms with E-state index in [1.807, 2.05) is 19.9 Å². The number of nitrogens with zero attached hydrogens (tertiary/aromatic N) is 1. The quantitative estimate of drug-likeness (QED) is 0.370. The van der Waals surface area contributed by atoms with Crippen LogP contribution in [0.1, 0.15) is 77.0 Å². The Morgan fingerprint density at radius 1 is 1.17 bits per heavy atom. The third kappa shape index (κ3) is 5.42. The number of aromatic nitrogens is 1. The summed E-state index contributed by atoms with van der Waals surface area (Å²) in [7, 11) is 1.51. The van der Waals surface area contributed by atoms with E-state index in [2.05, 4.69) is 26.8 Å². The van der Waals surface area contributed by atoms with Crippen LogP contribution in [-0.2, 0) is 11.8 Å². The Kier molecular flexibility index (Phi) is 8.65. The summed E-state index contributed by atoms with van der Waals surface area (Å²) in [6.07, 6.45) is 0.890. The van der Waals surface area contributed by atoms with Gasteiger partial charge < -0.3 is 34.8 Å². The molecule has 5 N–H and O–H groups in total. The van der Waals surface area contributed by atoms with E-state index in [0.717, 1.165) is 24.0 Å². The minimum atomic E-state index is -1.57. The molecule has 1 fully saturated rings. The number of aromatic hydroxyl groups is 1. The Morgan fingerprint density at radius 2 is 1.77 bits per heavy atom. The highest BCUT2D eigenvalue weighted by molar-refractivity contribution is 5.44. The second-order valence-electron chi connectivity index (χ2n) is 10.6. The Morgan fingerprint density at radius 3 is 2.34 bits per heavy atom. The van der Waals surface area contributed by atoms with E-state index in [4.69, 9.17) is 4.74 Å². The highest BCUT2D eigenvalue weighted by atomic mass is 16.5. The molecule has 2 heterocycles. The standard InChI is InChI=1S/C27H41NO7/c1-7-13(2)10-14(3)11-16(5)26-15(4)8-9-18(35-26)20-21(29)17(12-28(6)27(20)34)19-22(30)24(32)25(33)23(19)31/h8,11-14,18-19,22-26,29-33H,7,9-10H2,1-6H3. The molecule has 0 spiro atoms. The van der Waals surface area contributed by atoms with Crippen molar-refractivity contribution in [1.29, 1.82) is 0 Å². The van der Waals surface area contributed by atoms with Gasteiger partial charge in [-0.3, -0.25) is 4.79 Å². The first-order valence-electron chi connectivity index (χ1n) is 12.5. The van der Waals surface area contributed by atoms with Gasteiger partial charge in [0, 0.05) is 24.7 Å². The lowest BCUT2D eigenvalue weighted by atomic mass is 9.89. The average molecular weight is 492 g/mol. The second kappa shape index (κ2) is 11.0. The van der Waals surface area contributed by atoms with Gasteiger partial charge in [-0.15, -0.1) is 0 Å². The van der Waals surface area contributed by atoms with E-state index in [1.165, 1.54) is 17.8 Å². The summed E-state index contributed by atoms with van der Waals surface area (Å²) in [5.41, 5.74) is 1.75. The fraction of sp³-hybridized carbons (Fsp3) is 0.667. The summed E-state index contributed by atoms with van der Waals surface area (Å²) >= 11 is 0. The van der Waals surface area contributed by atoms with Crippen LogP contribution in [0.25, 0.3) is 0 Å². The Labute approximate surface area is 207 Å². The van der Waals surface area contributed by atoms with Crippen molar-refractivity contribution in [2.45, 2.75) is 96.4 Å². The molecule has 196 valence electrons. The minimum absolute atomic E-state index is 0.0366. The molecule has 8 atom stereocenters. The minimum Gasteiger partial charge on any atom is -0.507 e. The first kappa shape index (κ1) is 27.6. The van der Waals surface area contributed by atoms with Crippen LogP contribution >= 0.6 is 0 Å². The van der Waals surface area contributed by atoms with Gasteiger partial charge in [-0.05, 0) is 49.7 Å². The molecule has 0 saturated heterocycles. The number of aliphatic hydroxyl groups excluding tert-OH is 4. The van der Waals surface area contributed by atoms with E-state index < -0.39 is 42.0 Å². The molecular formula is C27H41NO7. The predicted octanol–water partition coefficient (Wildman–Crippen LogP) is 2.43. The number of hydrogen-bond donors (Lipinski definition) is 5. The van der Waals surface area contributed by atoms with Crippen LogP contribution in [0.2, 0.25) is 0 Å². The number of rotatable bonds is 7. The van der Waals surface area contributed by atoms with Crippen molar-refractivity contribution < 1.29 is 30.3 Å². The second-order valence-corrected chi connectivity index (χ2v) is 10.6. The third-order valence-electron chi connectivity index (χ3n) is 7.68. The maximum atomic E-state index is 13.1. The van der Waals surface area contributed by atoms with Crippen LogP contribution in [0.4, 0.5) is 0 Å². The first-order valence-corrected chi connectivity index (χ1v) is 12.5. The zero-order valence-electron chi connectivity index (χ0n) is 21.5. The number of ether oxygens (including phenoxy) is 1. The van der Waals surface area contributed by atoms with Crippen molar-refractivity contribution in [3.63, 3.8) is 0 Å². The molecule has 0 bridgehead atoms. The molecule has 35 heavy (non-hydrogen) atoms. The first-order chi connectivity index (χ1) is 16.4. The molecule has 1 aliphatic carbocycles. The maximum Gasteiger partial charge on any atom is 0.259 e. The molecule has 1 aromatic rings. The molecule has 3 rings (SSSR count). The lowest BCUT2D eigenvalue weighted by molar-refractivity contribution is -0.0413. The van der Waals surface area contributed by atoms with Gasteiger partial charge in [0.05, 0.1) is 30.0 Å². The van der Waals surface area contributed by atoms with Crippen LogP contribution in [-0.4, -0.2) is 60.6 Å². The van der Waals surface area contributed by atoms with Crippen LogP contribution in [0.15, 0.2) is 34.3 Å². The monoisotopic (exact) mass is 491 g/mol. The van der Waals surface area contributed by atoms with Gasteiger partial charge in [-0.25, -0.2) is 0 Å². The van der Waals surface area contributed by atoms with Gasteiger partial charge in [0.2, 0.25) is 0 Å². The highest BCUT2D eigenvalue weighted by Gasteiger charge is 2.50. The summed E-state index contributed by atoms with van der Waals surface area (Å²) in [6, 6.07) is 0. The summed E-state index contributed by atoms with van der Waals surface area (Å²) in [5.74, 6) is -0.563. The van der Waals surface area contributed by atoms with Crippen LogP contribution in [0, 0.1) is 11.8 Å². The molecule has 1 aliphatic heterocycles. The van der Waals surface area contributed by atoms with Crippen LogP contribution in [0.3, 0.4) is 0 Å². The van der Waals surface area contributed by atoms with Crippen molar-refractivity contribution in [3.8, 4) is 5.75 Å². The Hall–Kier alpha value is -1.97. The summed E-state index contributed by atoms with van der Waals surface area (Å²) < 4.78 is 7.64. The molecule has 8 nitrogen and oxygen atoms in total. The predicted molar refractivity (Wildman–Crippen MR) is 133 cm³/mol. The fourth-order valence-corrected chi connectivity index (χ4v) is 5.49. The van der Waals surface area contributed by atoms with Crippen molar-refractivity contribution in [2.75, 3.05) is 0 Å². The van der Waals surface area contributed by atoms with Crippen molar-refractivity contribution in [2.24, 2.45) is 18.9 Å². The lowest BCUT2D eigenvalue weighted by Crippen LogP contribution is -2.32. The highest BCUT2D eigenvalue weighted by Crippen LogP contribution is 2.43. The zero-order valence-corrected chi connectivity index (χ0v) is 21.5. The van der Waals surface area contributed by atoms with E-state index in [1.54, 1.807) is 0 Å². The average Bonchev–Trinajstić information content (AvgIpc) is 2.99. The van der Waals surface area contributed by atoms with Crippen LogP contribution < -0.4 is 5.56 Å². The fourth-order valence-electron chi connectivity index (χ4n) is 5.49. The molecular weight excluding hydrogens is 450 g/mol. The van der Waals surface area contributed by atoms with Gasteiger partial charge in [0.1, 0.15) is 18.0 Å². The molecule has 8 heteroatoms. The number of pyridine rings is 1. The Bertz CT molecular complexity index is 1020. The molecule has 0 aromatic carbocycles. The van der Waals surface area contributed by atoms with Gasteiger partial charge in [0.15, 0.2) is 0 Å². The maximum absolute atomic E-state index is 13.1. The summed E-state index contributed by atoms with van der Waals surface area (Å²) in [6.45, 7) is 10.6. The summed E-state index contributed by atoms with van der Waals surface area (Å²) in [4.78, 5) is 13.1. The smallest absolute Gasteiger partial charge is 0.259 e. The third-order valence-corrected chi connectivity index (χ3v) is 7.68. The van der Waals surface area contributed by atoms with E-state index in [-0.39, 0.29) is 23.0 Å². The number of allylic oxidation sites excluding steroid dienone is 1. The van der Waals surface area contributed by atoms with Crippen molar-refractivity contribution in [3.05, 3.63) is 51.0 Å². The van der Waals surface area contributed by atoms with Crippen molar-refractivity contribution >= 4 is 0 Å². The van der Waals surface area contributed by atoms with E-state index in [9.17, 15) is 30.3 Å². The molecule has 0 amide bonds. The zero-order chi connectivity index (χ0) is 26.2. The molecule has 1 saturated carbocycles. The Balaban J connectivity index is 1.96. The molecule has 1 aromatic heterocycles. The van der Waals surface area contributed by atoms with Gasteiger partial charge >= 0.3 is 0 Å². The topological polar surface area (TPSA) is 132 Å². The molecule has 0 radical (unpaired) electrons. The SMILES string of the molecule is CCC(C)CC(C)C=C(C)C1OC(c2c(O)c(C3C(O)C(O)C(O)C3O)cn(C)c2=O)CC=C1C. The van der Waals surface area contributed by atoms with Gasteiger partial charge in [-0.1, -0.05) is 39.3 Å². The summed E-state index contributed by atoms with van der Waals surface area (Å²) in [5, 5.41) is 52.1. The van der Waals surface area contributed by atoms with Gasteiger partial charge in [-0.2, -0.15) is 0 Å². The number of aliphatic hydroxyl groups is 4. The number of hydrogen-bond acceptors (Lipinski definition) is 7.